The van der Waals surface area contributed by atoms with Gasteiger partial charge < -0.3 is 15.8 Å². The van der Waals surface area contributed by atoms with Crippen molar-refractivity contribution < 1.29 is 9.53 Å². The van der Waals surface area contributed by atoms with E-state index in [9.17, 15) is 4.79 Å². The van der Waals surface area contributed by atoms with E-state index in [2.05, 4.69) is 21.2 Å². The molecule has 0 saturated heterocycles. The van der Waals surface area contributed by atoms with Crippen molar-refractivity contribution in [2.45, 2.75) is 12.8 Å². The third kappa shape index (κ3) is 4.36. The van der Waals surface area contributed by atoms with Crippen LogP contribution >= 0.6 is 15.9 Å². The second-order valence-electron chi connectivity index (χ2n) is 3.60. The number of halogens is 1. The van der Waals surface area contributed by atoms with Crippen molar-refractivity contribution in [3.05, 3.63) is 28.2 Å². The molecule has 5 heteroatoms. The second-order valence-corrected chi connectivity index (χ2v) is 4.45. The molecule has 94 valence electrons. The Kier molecular flexibility index (Phi) is 6.00. The van der Waals surface area contributed by atoms with Crippen LogP contribution in [0.3, 0.4) is 0 Å². The molecule has 0 fully saturated rings. The summed E-state index contributed by atoms with van der Waals surface area (Å²) in [6.45, 7) is 1.29. The molecule has 17 heavy (non-hydrogen) atoms. The summed E-state index contributed by atoms with van der Waals surface area (Å²) in [6.07, 6.45) is 1.81. The zero-order valence-corrected chi connectivity index (χ0v) is 11.4. The minimum absolute atomic E-state index is 0.104. The highest BCUT2D eigenvalue weighted by Crippen LogP contribution is 2.22. The highest BCUT2D eigenvalue weighted by atomic mass is 79.9. The van der Waals surface area contributed by atoms with Crippen LogP contribution in [0.2, 0.25) is 0 Å². The van der Waals surface area contributed by atoms with Gasteiger partial charge in [-0.1, -0.05) is 0 Å². The van der Waals surface area contributed by atoms with Crippen LogP contribution in [0, 0.1) is 0 Å². The summed E-state index contributed by atoms with van der Waals surface area (Å²) in [5.41, 5.74) is 5.96. The number of benzene rings is 1. The van der Waals surface area contributed by atoms with Crippen LogP contribution in [0.5, 0.6) is 5.75 Å². The predicted molar refractivity (Wildman–Crippen MR) is 71.3 cm³/mol. The highest BCUT2D eigenvalue weighted by molar-refractivity contribution is 9.10. The first-order valence-corrected chi connectivity index (χ1v) is 6.30. The minimum atomic E-state index is -0.104. The van der Waals surface area contributed by atoms with Gasteiger partial charge in [0, 0.05) is 11.0 Å². The van der Waals surface area contributed by atoms with E-state index in [0.717, 1.165) is 17.3 Å². The van der Waals surface area contributed by atoms with E-state index < -0.39 is 0 Å². The molecule has 0 bridgehead atoms. The number of unbranched alkanes of at least 4 members (excludes halogenated alkanes) is 1. The summed E-state index contributed by atoms with van der Waals surface area (Å²) in [5, 5.41) is 2.85. The number of methoxy groups -OCH3 is 1. The van der Waals surface area contributed by atoms with E-state index in [-0.39, 0.29) is 5.91 Å². The van der Waals surface area contributed by atoms with Crippen LogP contribution < -0.4 is 15.8 Å². The zero-order valence-electron chi connectivity index (χ0n) is 9.83. The number of rotatable bonds is 6. The van der Waals surface area contributed by atoms with E-state index in [0.29, 0.717) is 24.4 Å². The van der Waals surface area contributed by atoms with Crippen molar-refractivity contribution in [3.63, 3.8) is 0 Å². The minimum Gasteiger partial charge on any atom is -0.497 e. The number of ether oxygens (including phenoxy) is 1. The second kappa shape index (κ2) is 7.29. The van der Waals surface area contributed by atoms with Crippen LogP contribution in [0.15, 0.2) is 22.7 Å². The van der Waals surface area contributed by atoms with Gasteiger partial charge in [-0.15, -0.1) is 0 Å². The van der Waals surface area contributed by atoms with Gasteiger partial charge >= 0.3 is 0 Å². The fourth-order valence-electron chi connectivity index (χ4n) is 1.37. The summed E-state index contributed by atoms with van der Waals surface area (Å²) in [4.78, 5) is 11.9. The molecule has 0 heterocycles. The average Bonchev–Trinajstić information content (AvgIpc) is 2.35. The Morgan fingerprint density at radius 3 is 2.88 bits per heavy atom. The van der Waals surface area contributed by atoms with Gasteiger partial charge in [0.15, 0.2) is 0 Å². The molecule has 0 saturated carbocycles. The Morgan fingerprint density at radius 2 is 2.24 bits per heavy atom. The van der Waals surface area contributed by atoms with Crippen LogP contribution in [-0.2, 0) is 0 Å². The van der Waals surface area contributed by atoms with E-state index in [4.69, 9.17) is 10.5 Å². The van der Waals surface area contributed by atoms with Crippen molar-refractivity contribution in [3.8, 4) is 5.75 Å². The fraction of sp³-hybridized carbons (Fsp3) is 0.417. The number of nitrogens with two attached hydrogens (primary N) is 1. The molecule has 0 aromatic heterocycles. The quantitative estimate of drug-likeness (QED) is 0.789. The summed E-state index contributed by atoms with van der Waals surface area (Å²) < 4.78 is 5.84. The number of carbonyl (C=O) groups is 1. The molecule has 0 spiro atoms. The van der Waals surface area contributed by atoms with Gasteiger partial charge in [0.05, 0.1) is 12.7 Å². The van der Waals surface area contributed by atoms with Crippen molar-refractivity contribution >= 4 is 21.8 Å². The Balaban J connectivity index is 2.61. The normalized spacial score (nSPS) is 10.1. The Labute approximate surface area is 110 Å². The van der Waals surface area contributed by atoms with Gasteiger partial charge in [-0.3, -0.25) is 4.79 Å². The van der Waals surface area contributed by atoms with Gasteiger partial charge in [-0.2, -0.15) is 0 Å². The van der Waals surface area contributed by atoms with E-state index in [1.807, 2.05) is 0 Å². The average molecular weight is 301 g/mol. The molecular formula is C12H17BrN2O2. The van der Waals surface area contributed by atoms with Crippen LogP contribution in [-0.4, -0.2) is 26.1 Å². The molecule has 0 radical (unpaired) electrons. The van der Waals surface area contributed by atoms with Gasteiger partial charge in [0.25, 0.3) is 5.91 Å². The topological polar surface area (TPSA) is 64.3 Å². The maximum atomic E-state index is 11.9. The van der Waals surface area contributed by atoms with E-state index >= 15 is 0 Å². The fourth-order valence-corrected chi connectivity index (χ4v) is 1.80. The molecule has 0 atom stereocenters. The Morgan fingerprint density at radius 1 is 1.47 bits per heavy atom. The standard InChI is InChI=1S/C12H17BrN2O2/c1-17-9-4-5-11(13)10(8-9)12(16)15-7-3-2-6-14/h4-5,8H,2-3,6-7,14H2,1H3,(H,15,16). The van der Waals surface area contributed by atoms with Crippen molar-refractivity contribution in [2.24, 2.45) is 5.73 Å². The summed E-state index contributed by atoms with van der Waals surface area (Å²) in [6, 6.07) is 5.31. The first-order valence-electron chi connectivity index (χ1n) is 5.51. The Bertz CT molecular complexity index is 383. The molecule has 1 rings (SSSR count). The van der Waals surface area contributed by atoms with Crippen LogP contribution in [0.4, 0.5) is 0 Å². The molecule has 0 aliphatic heterocycles. The molecule has 0 aliphatic rings. The molecule has 1 aromatic rings. The SMILES string of the molecule is COc1ccc(Br)c(C(=O)NCCCCN)c1. The number of hydrogen-bond acceptors (Lipinski definition) is 3. The van der Waals surface area contributed by atoms with Crippen LogP contribution in [0.1, 0.15) is 23.2 Å². The largest absolute Gasteiger partial charge is 0.497 e. The number of amides is 1. The molecule has 4 nitrogen and oxygen atoms in total. The smallest absolute Gasteiger partial charge is 0.252 e. The lowest BCUT2D eigenvalue weighted by atomic mass is 10.2. The molecule has 3 N–H and O–H groups in total. The monoisotopic (exact) mass is 300 g/mol. The van der Waals surface area contributed by atoms with Crippen molar-refractivity contribution in [1.29, 1.82) is 0 Å². The number of hydrogen-bond donors (Lipinski definition) is 2. The first kappa shape index (κ1) is 14.0. The van der Waals surface area contributed by atoms with Gasteiger partial charge in [0.2, 0.25) is 0 Å². The molecule has 1 amide bonds. The summed E-state index contributed by atoms with van der Waals surface area (Å²) in [5.74, 6) is 0.563. The molecule has 0 aliphatic carbocycles. The maximum Gasteiger partial charge on any atom is 0.252 e. The number of carbonyl (C=O) groups excluding carboxylic acids is 1. The van der Waals surface area contributed by atoms with Gasteiger partial charge in [-0.05, 0) is 53.5 Å². The molecular weight excluding hydrogens is 284 g/mol. The van der Waals surface area contributed by atoms with Gasteiger partial charge in [0.1, 0.15) is 5.75 Å². The maximum absolute atomic E-state index is 11.9. The molecule has 0 unspecified atom stereocenters. The predicted octanol–water partition coefficient (Wildman–Crippen LogP) is 1.93. The third-order valence-corrected chi connectivity index (χ3v) is 3.03. The lowest BCUT2D eigenvalue weighted by Crippen LogP contribution is -2.25. The van der Waals surface area contributed by atoms with Crippen molar-refractivity contribution in [2.75, 3.05) is 20.2 Å². The van der Waals surface area contributed by atoms with Crippen molar-refractivity contribution in [1.82, 2.24) is 5.32 Å². The lowest BCUT2D eigenvalue weighted by Gasteiger charge is -2.08. The number of nitrogens with one attached hydrogen (secondary N) is 1. The van der Waals surface area contributed by atoms with Gasteiger partial charge in [-0.25, -0.2) is 0 Å². The zero-order chi connectivity index (χ0) is 12.7. The lowest BCUT2D eigenvalue weighted by molar-refractivity contribution is 0.0952. The Hall–Kier alpha value is -1.07. The summed E-state index contributed by atoms with van der Waals surface area (Å²) in [7, 11) is 1.58. The van der Waals surface area contributed by atoms with E-state index in [1.165, 1.54) is 0 Å². The highest BCUT2D eigenvalue weighted by Gasteiger charge is 2.10. The first-order chi connectivity index (χ1) is 8.19. The van der Waals surface area contributed by atoms with Crippen LogP contribution in [0.25, 0.3) is 0 Å². The summed E-state index contributed by atoms with van der Waals surface area (Å²) >= 11 is 3.35. The molecule has 1 aromatic carbocycles. The van der Waals surface area contributed by atoms with E-state index in [1.54, 1.807) is 25.3 Å². The third-order valence-electron chi connectivity index (χ3n) is 2.33.